The fourth-order valence-corrected chi connectivity index (χ4v) is 2.92. The maximum absolute atomic E-state index is 9.46. The Hall–Kier alpha value is -1.87. The molecule has 2 N–H and O–H groups in total. The number of aromatic hydroxyl groups is 1. The minimum atomic E-state index is 0.123. The predicted molar refractivity (Wildman–Crippen MR) is 88.3 cm³/mol. The molecule has 0 saturated carbocycles. The second-order valence-electron chi connectivity index (χ2n) is 5.35. The van der Waals surface area contributed by atoms with E-state index in [4.69, 9.17) is 11.6 Å². The van der Waals surface area contributed by atoms with Crippen LogP contribution < -0.4 is 10.2 Å². The van der Waals surface area contributed by atoms with E-state index in [1.165, 1.54) is 18.5 Å². The van der Waals surface area contributed by atoms with Crippen molar-refractivity contribution in [3.05, 3.63) is 53.1 Å². The van der Waals surface area contributed by atoms with Crippen molar-refractivity contribution >= 4 is 23.0 Å². The minimum absolute atomic E-state index is 0.123. The highest BCUT2D eigenvalue weighted by molar-refractivity contribution is 6.32. The second-order valence-corrected chi connectivity index (χ2v) is 5.76. The molecule has 3 rings (SSSR count). The van der Waals surface area contributed by atoms with Crippen molar-refractivity contribution in [1.82, 2.24) is 0 Å². The highest BCUT2D eigenvalue weighted by Crippen LogP contribution is 2.29. The van der Waals surface area contributed by atoms with Crippen LogP contribution in [0.15, 0.2) is 42.5 Å². The number of hydrogen-bond donors (Lipinski definition) is 2. The molecule has 0 radical (unpaired) electrons. The summed E-state index contributed by atoms with van der Waals surface area (Å²) < 4.78 is 0. The van der Waals surface area contributed by atoms with Gasteiger partial charge in [-0.15, -0.1) is 0 Å². The number of phenolic OH excluding ortho intramolecular Hbond substituents is 1. The van der Waals surface area contributed by atoms with Gasteiger partial charge in [0.2, 0.25) is 0 Å². The quantitative estimate of drug-likeness (QED) is 0.886. The van der Waals surface area contributed by atoms with Gasteiger partial charge in [-0.1, -0.05) is 29.8 Å². The molecule has 3 nitrogen and oxygen atoms in total. The first-order valence-electron chi connectivity index (χ1n) is 7.29. The van der Waals surface area contributed by atoms with Crippen LogP contribution in [-0.4, -0.2) is 18.2 Å². The maximum Gasteiger partial charge on any atom is 0.134 e. The summed E-state index contributed by atoms with van der Waals surface area (Å²) in [5.74, 6) is 0.123. The van der Waals surface area contributed by atoms with E-state index in [2.05, 4.69) is 28.4 Å². The standard InChI is InChI=1S/C17H19ClN2O/c18-14-11-13(7-8-17(14)21)12-19-15-5-1-2-6-16(15)20-9-3-4-10-20/h1-2,5-8,11,19,21H,3-4,9-10,12H2. The van der Waals surface area contributed by atoms with E-state index in [-0.39, 0.29) is 5.75 Å². The zero-order chi connectivity index (χ0) is 14.7. The number of halogens is 1. The summed E-state index contributed by atoms with van der Waals surface area (Å²) in [6.07, 6.45) is 2.53. The van der Waals surface area contributed by atoms with Crippen LogP contribution in [-0.2, 0) is 6.54 Å². The third-order valence-corrected chi connectivity index (χ3v) is 4.15. The molecule has 0 atom stereocenters. The molecule has 1 heterocycles. The lowest BCUT2D eigenvalue weighted by molar-refractivity contribution is 0.475. The Labute approximate surface area is 130 Å². The van der Waals surface area contributed by atoms with Crippen molar-refractivity contribution in [2.24, 2.45) is 0 Å². The lowest BCUT2D eigenvalue weighted by Gasteiger charge is -2.22. The van der Waals surface area contributed by atoms with Crippen LogP contribution in [0, 0.1) is 0 Å². The molecule has 1 saturated heterocycles. The molecular weight excluding hydrogens is 284 g/mol. The summed E-state index contributed by atoms with van der Waals surface area (Å²) in [6.45, 7) is 2.94. The molecular formula is C17H19ClN2O. The normalized spacial score (nSPS) is 14.4. The van der Waals surface area contributed by atoms with Crippen molar-refractivity contribution in [2.75, 3.05) is 23.3 Å². The number of nitrogens with one attached hydrogen (secondary N) is 1. The average Bonchev–Trinajstić information content (AvgIpc) is 3.03. The highest BCUT2D eigenvalue weighted by atomic mass is 35.5. The zero-order valence-electron chi connectivity index (χ0n) is 11.8. The molecule has 2 aromatic rings. The first-order valence-corrected chi connectivity index (χ1v) is 7.67. The van der Waals surface area contributed by atoms with Gasteiger partial charge in [-0.05, 0) is 42.7 Å². The molecule has 0 amide bonds. The summed E-state index contributed by atoms with van der Waals surface area (Å²) in [5, 5.41) is 13.3. The highest BCUT2D eigenvalue weighted by Gasteiger charge is 2.15. The molecule has 0 unspecified atom stereocenters. The summed E-state index contributed by atoms with van der Waals surface area (Å²) in [5.41, 5.74) is 3.46. The van der Waals surface area contributed by atoms with E-state index in [1.807, 2.05) is 12.1 Å². The number of para-hydroxylation sites is 2. The van der Waals surface area contributed by atoms with Crippen molar-refractivity contribution in [1.29, 1.82) is 0 Å². The predicted octanol–water partition coefficient (Wildman–Crippen LogP) is 4.26. The van der Waals surface area contributed by atoms with Gasteiger partial charge >= 0.3 is 0 Å². The summed E-state index contributed by atoms with van der Waals surface area (Å²) in [4.78, 5) is 2.42. The third-order valence-electron chi connectivity index (χ3n) is 3.85. The van der Waals surface area contributed by atoms with E-state index in [0.717, 1.165) is 24.3 Å². The number of anilines is 2. The topological polar surface area (TPSA) is 35.5 Å². The lowest BCUT2D eigenvalue weighted by Crippen LogP contribution is -2.19. The SMILES string of the molecule is Oc1ccc(CNc2ccccc2N2CCCC2)cc1Cl. The third kappa shape index (κ3) is 3.24. The Morgan fingerprint density at radius 2 is 1.86 bits per heavy atom. The fourth-order valence-electron chi connectivity index (χ4n) is 2.71. The molecule has 1 aliphatic rings. The van der Waals surface area contributed by atoms with E-state index >= 15 is 0 Å². The first kappa shape index (κ1) is 14.1. The Bertz CT molecular complexity index is 624. The van der Waals surface area contributed by atoms with E-state index in [1.54, 1.807) is 12.1 Å². The van der Waals surface area contributed by atoms with Crippen LogP contribution in [0.4, 0.5) is 11.4 Å². The van der Waals surface area contributed by atoms with Gasteiger partial charge in [0, 0.05) is 19.6 Å². The molecule has 0 aromatic heterocycles. The number of nitrogens with zero attached hydrogens (tertiary/aromatic N) is 1. The molecule has 21 heavy (non-hydrogen) atoms. The van der Waals surface area contributed by atoms with Gasteiger partial charge < -0.3 is 15.3 Å². The monoisotopic (exact) mass is 302 g/mol. The molecule has 1 aliphatic heterocycles. The Morgan fingerprint density at radius 3 is 2.62 bits per heavy atom. The first-order chi connectivity index (χ1) is 10.2. The van der Waals surface area contributed by atoms with Crippen molar-refractivity contribution in [2.45, 2.75) is 19.4 Å². The summed E-state index contributed by atoms with van der Waals surface area (Å²) in [6, 6.07) is 13.7. The Morgan fingerprint density at radius 1 is 1.10 bits per heavy atom. The molecule has 2 aromatic carbocycles. The minimum Gasteiger partial charge on any atom is -0.506 e. The van der Waals surface area contributed by atoms with Crippen LogP contribution in [0.1, 0.15) is 18.4 Å². The van der Waals surface area contributed by atoms with Crippen LogP contribution in [0.3, 0.4) is 0 Å². The van der Waals surface area contributed by atoms with Gasteiger partial charge in [0.25, 0.3) is 0 Å². The number of hydrogen-bond acceptors (Lipinski definition) is 3. The van der Waals surface area contributed by atoms with Gasteiger partial charge in [0.05, 0.1) is 16.4 Å². The number of rotatable bonds is 4. The van der Waals surface area contributed by atoms with Crippen LogP contribution in [0.25, 0.3) is 0 Å². The Balaban J connectivity index is 1.74. The van der Waals surface area contributed by atoms with E-state index in [0.29, 0.717) is 11.6 Å². The Kier molecular flexibility index (Phi) is 4.20. The largest absolute Gasteiger partial charge is 0.506 e. The van der Waals surface area contributed by atoms with Crippen molar-refractivity contribution in [3.8, 4) is 5.75 Å². The average molecular weight is 303 g/mol. The van der Waals surface area contributed by atoms with Gasteiger partial charge in [-0.25, -0.2) is 0 Å². The van der Waals surface area contributed by atoms with E-state index < -0.39 is 0 Å². The molecule has 0 bridgehead atoms. The number of phenols is 1. The molecule has 4 heteroatoms. The fraction of sp³-hybridized carbons (Fsp3) is 0.294. The summed E-state index contributed by atoms with van der Waals surface area (Å²) in [7, 11) is 0. The van der Waals surface area contributed by atoms with Crippen molar-refractivity contribution in [3.63, 3.8) is 0 Å². The smallest absolute Gasteiger partial charge is 0.134 e. The second kappa shape index (κ2) is 6.27. The summed E-state index contributed by atoms with van der Waals surface area (Å²) >= 11 is 5.94. The molecule has 110 valence electrons. The van der Waals surface area contributed by atoms with Crippen LogP contribution in [0.5, 0.6) is 5.75 Å². The van der Waals surface area contributed by atoms with Crippen molar-refractivity contribution < 1.29 is 5.11 Å². The lowest BCUT2D eigenvalue weighted by atomic mass is 10.2. The van der Waals surface area contributed by atoms with Crippen LogP contribution in [0.2, 0.25) is 5.02 Å². The van der Waals surface area contributed by atoms with Gasteiger partial charge in [0.1, 0.15) is 5.75 Å². The maximum atomic E-state index is 9.46. The van der Waals surface area contributed by atoms with Crippen LogP contribution >= 0.6 is 11.6 Å². The van der Waals surface area contributed by atoms with Gasteiger partial charge in [-0.2, -0.15) is 0 Å². The number of benzene rings is 2. The van der Waals surface area contributed by atoms with Gasteiger partial charge in [-0.3, -0.25) is 0 Å². The molecule has 0 aliphatic carbocycles. The zero-order valence-corrected chi connectivity index (χ0v) is 12.6. The van der Waals surface area contributed by atoms with E-state index in [9.17, 15) is 5.11 Å². The molecule has 1 fully saturated rings. The molecule has 0 spiro atoms. The van der Waals surface area contributed by atoms with Gasteiger partial charge in [0.15, 0.2) is 0 Å².